The Balaban J connectivity index is 1.70. The van der Waals surface area contributed by atoms with E-state index in [0.717, 1.165) is 26.9 Å². The molecule has 0 radical (unpaired) electrons. The summed E-state index contributed by atoms with van der Waals surface area (Å²) in [5.74, 6) is 0. The Morgan fingerprint density at radius 3 is 2.22 bits per heavy atom. The number of fused-ring (bicyclic) bond motifs is 6. The standard InChI is InChI=1S/C22H11ClN2S2/c23-22-24-19(21-20(25-22)14-6-2-4-8-17(14)27-21)12-9-10-18-15(11-12)13-5-1-3-7-16(13)26-18/h1-11H. The minimum absolute atomic E-state index is 0.288. The lowest BCUT2D eigenvalue weighted by molar-refractivity contribution is 1.24. The molecule has 6 rings (SSSR count). The van der Waals surface area contributed by atoms with Gasteiger partial charge in [0.1, 0.15) is 0 Å². The summed E-state index contributed by atoms with van der Waals surface area (Å²) in [5, 5.41) is 3.96. The van der Waals surface area contributed by atoms with Crippen LogP contribution >= 0.6 is 34.3 Å². The van der Waals surface area contributed by atoms with Crippen molar-refractivity contribution in [1.29, 1.82) is 0 Å². The fraction of sp³-hybridized carbons (Fsp3) is 0. The van der Waals surface area contributed by atoms with Gasteiger partial charge < -0.3 is 0 Å². The quantitative estimate of drug-likeness (QED) is 0.265. The van der Waals surface area contributed by atoms with Gasteiger partial charge in [-0.05, 0) is 35.9 Å². The van der Waals surface area contributed by atoms with Gasteiger partial charge in [0.2, 0.25) is 5.28 Å². The van der Waals surface area contributed by atoms with E-state index in [0.29, 0.717) is 0 Å². The minimum atomic E-state index is 0.288. The lowest BCUT2D eigenvalue weighted by atomic mass is 10.1. The topological polar surface area (TPSA) is 25.8 Å². The van der Waals surface area contributed by atoms with Gasteiger partial charge in [-0.2, -0.15) is 0 Å². The van der Waals surface area contributed by atoms with Gasteiger partial charge in [-0.25, -0.2) is 9.97 Å². The number of aromatic nitrogens is 2. The molecule has 0 unspecified atom stereocenters. The van der Waals surface area contributed by atoms with Crippen molar-refractivity contribution in [2.45, 2.75) is 0 Å². The van der Waals surface area contributed by atoms with Crippen LogP contribution in [0.15, 0.2) is 66.7 Å². The van der Waals surface area contributed by atoms with Crippen LogP contribution in [-0.2, 0) is 0 Å². The van der Waals surface area contributed by atoms with Crippen LogP contribution in [0.3, 0.4) is 0 Å². The van der Waals surface area contributed by atoms with Crippen LogP contribution in [0.5, 0.6) is 0 Å². The molecule has 5 heteroatoms. The van der Waals surface area contributed by atoms with E-state index in [9.17, 15) is 0 Å². The Labute approximate surface area is 167 Å². The summed E-state index contributed by atoms with van der Waals surface area (Å²) in [6, 6.07) is 23.4. The molecule has 0 aliphatic carbocycles. The highest BCUT2D eigenvalue weighted by Crippen LogP contribution is 2.41. The van der Waals surface area contributed by atoms with Gasteiger partial charge in [-0.1, -0.05) is 42.5 Å². The van der Waals surface area contributed by atoms with Gasteiger partial charge in [0, 0.05) is 35.8 Å². The first-order valence-corrected chi connectivity index (χ1v) is 10.6. The van der Waals surface area contributed by atoms with Crippen molar-refractivity contribution in [3.05, 3.63) is 72.0 Å². The molecule has 27 heavy (non-hydrogen) atoms. The molecule has 0 spiro atoms. The Morgan fingerprint density at radius 1 is 0.667 bits per heavy atom. The van der Waals surface area contributed by atoms with E-state index in [4.69, 9.17) is 11.6 Å². The van der Waals surface area contributed by atoms with Gasteiger partial charge in [-0.3, -0.25) is 0 Å². The average molecular weight is 403 g/mol. The molecule has 6 aromatic rings. The Kier molecular flexibility index (Phi) is 3.29. The number of hydrogen-bond acceptors (Lipinski definition) is 4. The first-order valence-electron chi connectivity index (χ1n) is 8.54. The maximum Gasteiger partial charge on any atom is 0.223 e. The van der Waals surface area contributed by atoms with Crippen LogP contribution in [0.1, 0.15) is 0 Å². The first kappa shape index (κ1) is 15.5. The highest BCUT2D eigenvalue weighted by Gasteiger charge is 2.15. The van der Waals surface area contributed by atoms with Crippen LogP contribution in [-0.4, -0.2) is 9.97 Å². The number of rotatable bonds is 1. The van der Waals surface area contributed by atoms with Gasteiger partial charge in [0.05, 0.1) is 15.9 Å². The molecule has 0 fully saturated rings. The van der Waals surface area contributed by atoms with Crippen molar-refractivity contribution < 1.29 is 0 Å². The Morgan fingerprint density at radius 2 is 1.37 bits per heavy atom. The molecule has 3 aromatic carbocycles. The summed E-state index contributed by atoms with van der Waals surface area (Å²) in [7, 11) is 0. The molecule has 2 nitrogen and oxygen atoms in total. The van der Waals surface area contributed by atoms with E-state index in [2.05, 4.69) is 70.6 Å². The summed E-state index contributed by atoms with van der Waals surface area (Å²) in [4.78, 5) is 9.13. The molecule has 0 saturated carbocycles. The molecule has 0 aliphatic heterocycles. The number of hydrogen-bond donors (Lipinski definition) is 0. The minimum Gasteiger partial charge on any atom is -0.216 e. The molecule has 0 saturated heterocycles. The number of halogens is 1. The van der Waals surface area contributed by atoms with Crippen LogP contribution in [0.25, 0.3) is 51.7 Å². The van der Waals surface area contributed by atoms with E-state index in [-0.39, 0.29) is 5.28 Å². The predicted octanol–water partition coefficient (Wildman–Crippen LogP) is 7.53. The lowest BCUT2D eigenvalue weighted by Crippen LogP contribution is -1.88. The van der Waals surface area contributed by atoms with Crippen molar-refractivity contribution in [2.75, 3.05) is 0 Å². The van der Waals surface area contributed by atoms with E-state index < -0.39 is 0 Å². The summed E-state index contributed by atoms with van der Waals surface area (Å²) in [6.07, 6.45) is 0. The number of nitrogens with zero attached hydrogens (tertiary/aromatic N) is 2. The highest BCUT2D eigenvalue weighted by atomic mass is 35.5. The van der Waals surface area contributed by atoms with Crippen molar-refractivity contribution in [3.63, 3.8) is 0 Å². The molecule has 128 valence electrons. The highest BCUT2D eigenvalue weighted by molar-refractivity contribution is 7.26. The SMILES string of the molecule is Clc1nc(-c2ccc3sc4ccccc4c3c2)c2sc3ccccc3c2n1. The largest absolute Gasteiger partial charge is 0.223 e. The second kappa shape index (κ2) is 5.73. The van der Waals surface area contributed by atoms with E-state index in [1.807, 2.05) is 17.4 Å². The zero-order chi connectivity index (χ0) is 18.0. The van der Waals surface area contributed by atoms with Crippen molar-refractivity contribution >= 4 is 74.7 Å². The number of thiophene rings is 2. The van der Waals surface area contributed by atoms with Gasteiger partial charge in [0.25, 0.3) is 0 Å². The van der Waals surface area contributed by atoms with Crippen molar-refractivity contribution in [1.82, 2.24) is 9.97 Å². The number of benzene rings is 3. The van der Waals surface area contributed by atoms with Crippen molar-refractivity contribution in [2.24, 2.45) is 0 Å². The molecule has 0 N–H and O–H groups in total. The maximum absolute atomic E-state index is 6.31. The van der Waals surface area contributed by atoms with Crippen molar-refractivity contribution in [3.8, 4) is 11.3 Å². The van der Waals surface area contributed by atoms with E-state index in [1.54, 1.807) is 11.3 Å². The predicted molar refractivity (Wildman–Crippen MR) is 118 cm³/mol. The summed E-state index contributed by atoms with van der Waals surface area (Å²) >= 11 is 9.85. The van der Waals surface area contributed by atoms with E-state index in [1.165, 1.54) is 24.9 Å². The second-order valence-electron chi connectivity index (χ2n) is 6.43. The smallest absolute Gasteiger partial charge is 0.216 e. The molecular formula is C22H11ClN2S2. The molecule has 3 aromatic heterocycles. The third-order valence-electron chi connectivity index (χ3n) is 4.84. The molecule has 0 amide bonds. The first-order chi connectivity index (χ1) is 13.3. The fourth-order valence-electron chi connectivity index (χ4n) is 3.63. The van der Waals surface area contributed by atoms with E-state index >= 15 is 0 Å². The Hall–Kier alpha value is -2.53. The Bertz CT molecular complexity index is 1500. The molecular weight excluding hydrogens is 392 g/mol. The monoisotopic (exact) mass is 402 g/mol. The van der Waals surface area contributed by atoms with Crippen LogP contribution in [0.4, 0.5) is 0 Å². The second-order valence-corrected chi connectivity index (χ2v) is 8.90. The zero-order valence-corrected chi connectivity index (χ0v) is 16.3. The molecule has 3 heterocycles. The molecule has 0 aliphatic rings. The normalized spacial score (nSPS) is 11.9. The van der Waals surface area contributed by atoms with Crippen LogP contribution in [0.2, 0.25) is 5.28 Å². The third-order valence-corrected chi connectivity index (χ3v) is 7.33. The van der Waals surface area contributed by atoms with Crippen LogP contribution in [0, 0.1) is 0 Å². The summed E-state index contributed by atoms with van der Waals surface area (Å²) in [5.41, 5.74) is 2.91. The average Bonchev–Trinajstić information content (AvgIpc) is 3.25. The summed E-state index contributed by atoms with van der Waals surface area (Å²) < 4.78 is 4.87. The van der Waals surface area contributed by atoms with Gasteiger partial charge in [0.15, 0.2) is 0 Å². The zero-order valence-electron chi connectivity index (χ0n) is 13.9. The van der Waals surface area contributed by atoms with Gasteiger partial charge >= 0.3 is 0 Å². The molecule has 0 atom stereocenters. The fourth-order valence-corrected chi connectivity index (χ4v) is 6.04. The summed E-state index contributed by atoms with van der Waals surface area (Å²) in [6.45, 7) is 0. The maximum atomic E-state index is 6.31. The molecule has 0 bridgehead atoms. The lowest BCUT2D eigenvalue weighted by Gasteiger charge is -2.04. The van der Waals surface area contributed by atoms with Gasteiger partial charge in [-0.15, -0.1) is 22.7 Å². The van der Waals surface area contributed by atoms with Crippen LogP contribution < -0.4 is 0 Å². The third kappa shape index (κ3) is 2.31.